The highest BCUT2D eigenvalue weighted by atomic mass is 16.5. The Morgan fingerprint density at radius 2 is 1.57 bits per heavy atom. The van der Waals surface area contributed by atoms with Crippen molar-refractivity contribution in [2.24, 2.45) is 0 Å². The molecule has 35 heavy (non-hydrogen) atoms. The zero-order chi connectivity index (χ0) is 25.2. The standard InChI is InChI=1S/C26H27N3O6/c1-32-19-15-23(34-3)20(24(16-19)35-4)9-11-25(30)28-18-8-10-22(33-2)21(13-18)29-26(31)14-17-7-5-6-12-27-17/h5-13,15-16H,14H2,1-4H3,(H,28,30)(H,29,31)/b11-9+. The summed E-state index contributed by atoms with van der Waals surface area (Å²) in [6.07, 6.45) is 4.68. The van der Waals surface area contributed by atoms with Crippen molar-refractivity contribution in [2.75, 3.05) is 39.1 Å². The molecule has 2 aromatic carbocycles. The molecule has 0 unspecified atom stereocenters. The second kappa shape index (κ2) is 12.1. The molecular weight excluding hydrogens is 450 g/mol. The second-order valence-electron chi connectivity index (χ2n) is 7.23. The van der Waals surface area contributed by atoms with E-state index >= 15 is 0 Å². The van der Waals surface area contributed by atoms with Gasteiger partial charge in [0, 0.05) is 35.8 Å². The van der Waals surface area contributed by atoms with Gasteiger partial charge in [-0.3, -0.25) is 14.6 Å². The van der Waals surface area contributed by atoms with Crippen LogP contribution in [0.25, 0.3) is 6.08 Å². The molecule has 0 saturated carbocycles. The summed E-state index contributed by atoms with van der Waals surface area (Å²) in [7, 11) is 6.08. The minimum absolute atomic E-state index is 0.106. The number of carbonyl (C=O) groups excluding carboxylic acids is 2. The van der Waals surface area contributed by atoms with Gasteiger partial charge in [0.05, 0.1) is 46.1 Å². The van der Waals surface area contributed by atoms with E-state index in [-0.39, 0.29) is 18.2 Å². The van der Waals surface area contributed by atoms with Gasteiger partial charge in [0.15, 0.2) is 0 Å². The first-order valence-electron chi connectivity index (χ1n) is 10.6. The molecule has 0 saturated heterocycles. The molecule has 3 rings (SSSR count). The zero-order valence-corrected chi connectivity index (χ0v) is 20.0. The lowest BCUT2D eigenvalue weighted by Gasteiger charge is -2.13. The molecule has 2 amide bonds. The maximum atomic E-state index is 12.6. The van der Waals surface area contributed by atoms with E-state index < -0.39 is 0 Å². The van der Waals surface area contributed by atoms with Crippen LogP contribution in [0.2, 0.25) is 0 Å². The Labute approximate surface area is 203 Å². The molecule has 0 aliphatic rings. The van der Waals surface area contributed by atoms with Gasteiger partial charge in [-0.25, -0.2) is 0 Å². The first kappa shape index (κ1) is 25.1. The number of rotatable bonds is 10. The van der Waals surface area contributed by atoms with Crippen molar-refractivity contribution in [2.45, 2.75) is 6.42 Å². The fourth-order valence-corrected chi connectivity index (χ4v) is 3.28. The molecule has 0 bridgehead atoms. The number of methoxy groups -OCH3 is 4. The van der Waals surface area contributed by atoms with Crippen molar-refractivity contribution in [3.63, 3.8) is 0 Å². The Bertz CT molecular complexity index is 1190. The van der Waals surface area contributed by atoms with Gasteiger partial charge < -0.3 is 29.6 Å². The van der Waals surface area contributed by atoms with E-state index in [0.717, 1.165) is 0 Å². The first-order valence-corrected chi connectivity index (χ1v) is 10.6. The third-order valence-corrected chi connectivity index (χ3v) is 4.96. The lowest BCUT2D eigenvalue weighted by molar-refractivity contribution is -0.115. The minimum Gasteiger partial charge on any atom is -0.496 e. The highest BCUT2D eigenvalue weighted by Crippen LogP contribution is 2.35. The second-order valence-corrected chi connectivity index (χ2v) is 7.23. The molecule has 0 spiro atoms. The molecule has 0 fully saturated rings. The Morgan fingerprint density at radius 1 is 0.857 bits per heavy atom. The molecule has 9 heteroatoms. The number of nitrogens with one attached hydrogen (secondary N) is 2. The van der Waals surface area contributed by atoms with Crippen molar-refractivity contribution >= 4 is 29.3 Å². The topological polar surface area (TPSA) is 108 Å². The van der Waals surface area contributed by atoms with Crippen molar-refractivity contribution in [3.05, 3.63) is 72.1 Å². The van der Waals surface area contributed by atoms with E-state index in [1.165, 1.54) is 27.4 Å². The lowest BCUT2D eigenvalue weighted by Crippen LogP contribution is -2.16. The summed E-state index contributed by atoms with van der Waals surface area (Å²) in [6, 6.07) is 13.7. The summed E-state index contributed by atoms with van der Waals surface area (Å²) < 4.78 is 21.4. The van der Waals surface area contributed by atoms with E-state index in [0.29, 0.717) is 45.6 Å². The molecule has 2 N–H and O–H groups in total. The van der Waals surface area contributed by atoms with Crippen molar-refractivity contribution < 1.29 is 28.5 Å². The van der Waals surface area contributed by atoms with E-state index in [2.05, 4.69) is 15.6 Å². The number of anilines is 2. The molecule has 1 heterocycles. The number of hydrogen-bond donors (Lipinski definition) is 2. The monoisotopic (exact) mass is 477 g/mol. The number of aromatic nitrogens is 1. The summed E-state index contributed by atoms with van der Waals surface area (Å²) in [6.45, 7) is 0. The van der Waals surface area contributed by atoms with Gasteiger partial charge in [-0.1, -0.05) is 6.07 Å². The average Bonchev–Trinajstić information content (AvgIpc) is 2.87. The largest absolute Gasteiger partial charge is 0.496 e. The molecule has 0 radical (unpaired) electrons. The molecule has 0 aliphatic heterocycles. The molecule has 3 aromatic rings. The van der Waals surface area contributed by atoms with Gasteiger partial charge >= 0.3 is 0 Å². The first-order chi connectivity index (χ1) is 17.0. The third kappa shape index (κ3) is 6.73. The van der Waals surface area contributed by atoms with Gasteiger partial charge in [-0.15, -0.1) is 0 Å². The SMILES string of the molecule is COc1cc(OC)c(/C=C/C(=O)Nc2ccc(OC)c(NC(=O)Cc3ccccn3)c2)c(OC)c1. The summed E-state index contributed by atoms with van der Waals surface area (Å²) in [4.78, 5) is 29.2. The smallest absolute Gasteiger partial charge is 0.248 e. The molecule has 0 aliphatic carbocycles. The fourth-order valence-electron chi connectivity index (χ4n) is 3.28. The van der Waals surface area contributed by atoms with Gasteiger partial charge in [-0.2, -0.15) is 0 Å². The third-order valence-electron chi connectivity index (χ3n) is 4.96. The van der Waals surface area contributed by atoms with Crippen LogP contribution in [0.5, 0.6) is 23.0 Å². The van der Waals surface area contributed by atoms with Crippen LogP contribution in [-0.4, -0.2) is 45.2 Å². The number of hydrogen-bond acceptors (Lipinski definition) is 7. The molecular formula is C26H27N3O6. The highest BCUT2D eigenvalue weighted by Gasteiger charge is 2.13. The summed E-state index contributed by atoms with van der Waals surface area (Å²) in [5.41, 5.74) is 2.13. The number of nitrogens with zero attached hydrogens (tertiary/aromatic N) is 1. The fraction of sp³-hybridized carbons (Fsp3) is 0.192. The summed E-state index contributed by atoms with van der Waals surface area (Å²) >= 11 is 0. The van der Waals surface area contributed by atoms with Crippen LogP contribution < -0.4 is 29.6 Å². The average molecular weight is 478 g/mol. The lowest BCUT2D eigenvalue weighted by atomic mass is 10.1. The number of pyridine rings is 1. The Balaban J connectivity index is 1.74. The number of amides is 2. The van der Waals surface area contributed by atoms with Gasteiger partial charge in [0.25, 0.3) is 0 Å². The van der Waals surface area contributed by atoms with E-state index in [9.17, 15) is 9.59 Å². The Kier molecular flexibility index (Phi) is 8.66. The van der Waals surface area contributed by atoms with Crippen molar-refractivity contribution in [1.29, 1.82) is 0 Å². The normalized spacial score (nSPS) is 10.5. The van der Waals surface area contributed by atoms with E-state index in [4.69, 9.17) is 18.9 Å². The Hall–Kier alpha value is -4.53. The van der Waals surface area contributed by atoms with Gasteiger partial charge in [-0.05, 0) is 36.4 Å². The molecule has 9 nitrogen and oxygen atoms in total. The van der Waals surface area contributed by atoms with E-state index in [1.54, 1.807) is 61.8 Å². The maximum Gasteiger partial charge on any atom is 0.248 e. The number of benzene rings is 2. The van der Waals surface area contributed by atoms with Crippen LogP contribution in [0.1, 0.15) is 11.3 Å². The summed E-state index contributed by atoms with van der Waals surface area (Å²) in [5, 5.41) is 5.58. The predicted molar refractivity (Wildman–Crippen MR) is 133 cm³/mol. The van der Waals surface area contributed by atoms with Crippen LogP contribution >= 0.6 is 0 Å². The van der Waals surface area contributed by atoms with Crippen LogP contribution in [0.3, 0.4) is 0 Å². The van der Waals surface area contributed by atoms with Crippen molar-refractivity contribution in [3.8, 4) is 23.0 Å². The number of carbonyl (C=O) groups is 2. The van der Waals surface area contributed by atoms with Crippen LogP contribution in [0.4, 0.5) is 11.4 Å². The van der Waals surface area contributed by atoms with Gasteiger partial charge in [0.1, 0.15) is 23.0 Å². The minimum atomic E-state index is -0.388. The molecule has 182 valence electrons. The molecule has 1 aromatic heterocycles. The highest BCUT2D eigenvalue weighted by molar-refractivity contribution is 6.03. The quantitative estimate of drug-likeness (QED) is 0.426. The number of ether oxygens (including phenoxy) is 4. The maximum absolute atomic E-state index is 12.6. The van der Waals surface area contributed by atoms with Crippen LogP contribution in [0.15, 0.2) is 60.8 Å². The van der Waals surface area contributed by atoms with Crippen LogP contribution in [-0.2, 0) is 16.0 Å². The van der Waals surface area contributed by atoms with Crippen molar-refractivity contribution in [1.82, 2.24) is 4.98 Å². The van der Waals surface area contributed by atoms with E-state index in [1.807, 2.05) is 6.07 Å². The zero-order valence-electron chi connectivity index (χ0n) is 20.0. The molecule has 0 atom stereocenters. The van der Waals surface area contributed by atoms with Gasteiger partial charge in [0.2, 0.25) is 11.8 Å². The van der Waals surface area contributed by atoms with Crippen LogP contribution in [0, 0.1) is 0 Å². The predicted octanol–water partition coefficient (Wildman–Crippen LogP) is 3.95. The Morgan fingerprint density at radius 3 is 2.17 bits per heavy atom. The summed E-state index contributed by atoms with van der Waals surface area (Å²) in [5.74, 6) is 1.36.